The first-order valence-electron chi connectivity index (χ1n) is 11.7. The smallest absolute Gasteiger partial charge is 0.311 e. The van der Waals surface area contributed by atoms with Crippen LogP contribution >= 0.6 is 0 Å². The first kappa shape index (κ1) is 27.4. The Morgan fingerprint density at radius 2 is 1.29 bits per heavy atom. The van der Waals surface area contributed by atoms with Crippen molar-refractivity contribution in [2.24, 2.45) is 5.92 Å². The van der Waals surface area contributed by atoms with Gasteiger partial charge < -0.3 is 19.3 Å². The minimum absolute atomic E-state index is 0.00978. The number of aliphatic hydroxyl groups excluding tert-OH is 1. The predicted octanol–water partition coefficient (Wildman–Crippen LogP) is 5.63. The van der Waals surface area contributed by atoms with Gasteiger partial charge >= 0.3 is 5.97 Å². The summed E-state index contributed by atoms with van der Waals surface area (Å²) in [5.41, 5.74) is 0. The second-order valence-electron chi connectivity index (χ2n) is 7.74. The van der Waals surface area contributed by atoms with Crippen LogP contribution in [0.25, 0.3) is 0 Å². The fourth-order valence-electron chi connectivity index (χ4n) is 3.14. The molecule has 0 saturated heterocycles. The second kappa shape index (κ2) is 21.1. The Morgan fingerprint density at radius 3 is 1.82 bits per heavy atom. The first-order chi connectivity index (χ1) is 13.6. The molecule has 0 amide bonds. The molecule has 0 heterocycles. The van der Waals surface area contributed by atoms with Crippen LogP contribution in [0.15, 0.2) is 0 Å². The summed E-state index contributed by atoms with van der Waals surface area (Å²) in [6, 6.07) is 0. The zero-order valence-electron chi connectivity index (χ0n) is 18.8. The van der Waals surface area contributed by atoms with Gasteiger partial charge in [-0.15, -0.1) is 0 Å². The van der Waals surface area contributed by atoms with Crippen molar-refractivity contribution in [3.8, 4) is 0 Å². The maximum atomic E-state index is 12.0. The van der Waals surface area contributed by atoms with Crippen LogP contribution in [0, 0.1) is 5.92 Å². The molecule has 0 fully saturated rings. The maximum Gasteiger partial charge on any atom is 0.311 e. The van der Waals surface area contributed by atoms with Crippen molar-refractivity contribution in [2.75, 3.05) is 26.4 Å². The number of carbonyl (C=O) groups is 1. The van der Waals surface area contributed by atoms with Crippen LogP contribution in [-0.4, -0.2) is 43.8 Å². The van der Waals surface area contributed by atoms with Crippen molar-refractivity contribution in [2.45, 2.75) is 111 Å². The first-order valence-corrected chi connectivity index (χ1v) is 11.7. The van der Waals surface area contributed by atoms with E-state index < -0.39 is 6.29 Å². The van der Waals surface area contributed by atoms with Gasteiger partial charge in [0.05, 0.1) is 19.1 Å². The van der Waals surface area contributed by atoms with E-state index in [0.717, 1.165) is 19.3 Å². The van der Waals surface area contributed by atoms with Crippen molar-refractivity contribution < 1.29 is 24.1 Å². The molecule has 0 aromatic carbocycles. The summed E-state index contributed by atoms with van der Waals surface area (Å²) in [5, 5.41) is 9.69. The third-order valence-electron chi connectivity index (χ3n) is 4.98. The van der Waals surface area contributed by atoms with E-state index in [9.17, 15) is 9.90 Å². The minimum Gasteiger partial charge on any atom is -0.433 e. The third kappa shape index (κ3) is 18.7. The Hall–Kier alpha value is -0.650. The highest BCUT2D eigenvalue weighted by Crippen LogP contribution is 2.15. The molecular weight excluding hydrogens is 356 g/mol. The molecule has 168 valence electrons. The number of unbranched alkanes of at least 4 members (excludes halogenated alkanes) is 11. The van der Waals surface area contributed by atoms with Gasteiger partial charge in [-0.1, -0.05) is 90.9 Å². The molecule has 2 unspecified atom stereocenters. The van der Waals surface area contributed by atoms with E-state index in [4.69, 9.17) is 14.2 Å². The predicted molar refractivity (Wildman–Crippen MR) is 114 cm³/mol. The number of esters is 1. The van der Waals surface area contributed by atoms with Crippen LogP contribution in [0.4, 0.5) is 0 Å². The van der Waals surface area contributed by atoms with Crippen LogP contribution in [0.5, 0.6) is 0 Å². The Labute approximate surface area is 173 Å². The lowest BCUT2D eigenvalue weighted by molar-refractivity contribution is -0.182. The average molecular weight is 403 g/mol. The number of ether oxygens (including phenoxy) is 3. The number of hydrogen-bond donors (Lipinski definition) is 1. The standard InChI is InChI=1S/C23H46O5/c1-4-6-7-8-9-10-11-12-13-14-15-16-17-21(3)23(25)28-22(24)20-27-19-18-26-5-2/h21-22,24H,4-20H2,1-3H3. The highest BCUT2D eigenvalue weighted by atomic mass is 16.7. The highest BCUT2D eigenvalue weighted by molar-refractivity contribution is 5.72. The summed E-state index contributed by atoms with van der Waals surface area (Å²) < 4.78 is 15.4. The average Bonchev–Trinajstić information content (AvgIpc) is 2.68. The molecule has 0 aromatic rings. The second-order valence-corrected chi connectivity index (χ2v) is 7.74. The summed E-state index contributed by atoms with van der Waals surface area (Å²) >= 11 is 0. The molecule has 5 heteroatoms. The van der Waals surface area contributed by atoms with Gasteiger partial charge in [0.1, 0.15) is 6.61 Å². The molecule has 0 aromatic heterocycles. The van der Waals surface area contributed by atoms with Crippen molar-refractivity contribution in [1.29, 1.82) is 0 Å². The summed E-state index contributed by atoms with van der Waals surface area (Å²) in [6.07, 6.45) is 15.3. The van der Waals surface area contributed by atoms with Crippen LogP contribution in [0.3, 0.4) is 0 Å². The van der Waals surface area contributed by atoms with Crippen LogP contribution in [-0.2, 0) is 19.0 Å². The molecule has 0 spiro atoms. The van der Waals surface area contributed by atoms with E-state index in [1.165, 1.54) is 64.2 Å². The van der Waals surface area contributed by atoms with Gasteiger partial charge in [-0.05, 0) is 13.3 Å². The topological polar surface area (TPSA) is 65.0 Å². The largest absolute Gasteiger partial charge is 0.433 e. The number of carbonyl (C=O) groups excluding carboxylic acids is 1. The van der Waals surface area contributed by atoms with Gasteiger partial charge in [0.15, 0.2) is 0 Å². The highest BCUT2D eigenvalue weighted by Gasteiger charge is 2.18. The van der Waals surface area contributed by atoms with E-state index >= 15 is 0 Å². The van der Waals surface area contributed by atoms with E-state index in [1.807, 2.05) is 13.8 Å². The fourth-order valence-corrected chi connectivity index (χ4v) is 3.14. The monoisotopic (exact) mass is 402 g/mol. The van der Waals surface area contributed by atoms with Gasteiger partial charge in [0, 0.05) is 6.61 Å². The quantitative estimate of drug-likeness (QED) is 0.153. The maximum absolute atomic E-state index is 12.0. The zero-order valence-corrected chi connectivity index (χ0v) is 18.8. The normalized spacial score (nSPS) is 13.4. The summed E-state index contributed by atoms with van der Waals surface area (Å²) in [5.74, 6) is -0.523. The molecule has 5 nitrogen and oxygen atoms in total. The van der Waals surface area contributed by atoms with Crippen molar-refractivity contribution in [3.63, 3.8) is 0 Å². The molecule has 0 radical (unpaired) electrons. The lowest BCUT2D eigenvalue weighted by Gasteiger charge is -2.16. The Bertz CT molecular complexity index is 335. The van der Waals surface area contributed by atoms with Crippen LogP contribution in [0.2, 0.25) is 0 Å². The molecule has 0 aliphatic rings. The summed E-state index contributed by atoms with van der Waals surface area (Å²) in [6.45, 7) is 7.53. The van der Waals surface area contributed by atoms with E-state index in [2.05, 4.69) is 6.92 Å². The van der Waals surface area contributed by atoms with Crippen molar-refractivity contribution >= 4 is 5.97 Å². The molecular formula is C23H46O5. The number of aliphatic hydroxyl groups is 1. The van der Waals surface area contributed by atoms with Gasteiger partial charge in [0.2, 0.25) is 6.29 Å². The van der Waals surface area contributed by atoms with Crippen molar-refractivity contribution in [3.05, 3.63) is 0 Å². The molecule has 28 heavy (non-hydrogen) atoms. The third-order valence-corrected chi connectivity index (χ3v) is 4.98. The summed E-state index contributed by atoms with van der Waals surface area (Å²) in [4.78, 5) is 12.0. The van der Waals surface area contributed by atoms with Crippen LogP contribution in [0.1, 0.15) is 104 Å². The van der Waals surface area contributed by atoms with Crippen molar-refractivity contribution in [1.82, 2.24) is 0 Å². The van der Waals surface area contributed by atoms with Gasteiger partial charge in [-0.25, -0.2) is 0 Å². The summed E-state index contributed by atoms with van der Waals surface area (Å²) in [7, 11) is 0. The Balaban J connectivity index is 3.45. The van der Waals surface area contributed by atoms with Gasteiger partial charge in [0.25, 0.3) is 0 Å². The Morgan fingerprint density at radius 1 is 0.786 bits per heavy atom. The van der Waals surface area contributed by atoms with Crippen LogP contribution < -0.4 is 0 Å². The molecule has 0 bridgehead atoms. The number of hydrogen-bond acceptors (Lipinski definition) is 5. The van der Waals surface area contributed by atoms with E-state index in [1.54, 1.807) is 0 Å². The molecule has 0 rings (SSSR count). The molecule has 0 aliphatic heterocycles. The fraction of sp³-hybridized carbons (Fsp3) is 0.957. The zero-order chi connectivity index (χ0) is 20.9. The number of rotatable bonds is 21. The molecule has 0 aliphatic carbocycles. The Kier molecular flexibility index (Phi) is 20.6. The molecule has 1 N–H and O–H groups in total. The lowest BCUT2D eigenvalue weighted by atomic mass is 10.0. The van der Waals surface area contributed by atoms with Gasteiger partial charge in [-0.2, -0.15) is 0 Å². The molecule has 0 saturated carbocycles. The van der Waals surface area contributed by atoms with Gasteiger partial charge in [-0.3, -0.25) is 4.79 Å². The SMILES string of the molecule is CCCCCCCCCCCCCCC(C)C(=O)OC(O)COCCOCC. The molecule has 2 atom stereocenters. The lowest BCUT2D eigenvalue weighted by Crippen LogP contribution is -2.27. The van der Waals surface area contributed by atoms with E-state index in [-0.39, 0.29) is 18.5 Å². The minimum atomic E-state index is -1.20. The van der Waals surface area contributed by atoms with E-state index in [0.29, 0.717) is 19.8 Å².